The summed E-state index contributed by atoms with van der Waals surface area (Å²) in [7, 11) is 1.39. The Morgan fingerprint density at radius 1 is 1.58 bits per heavy atom. The summed E-state index contributed by atoms with van der Waals surface area (Å²) in [4.78, 5) is 11.1. The van der Waals surface area contributed by atoms with Gasteiger partial charge >= 0.3 is 14.0 Å². The van der Waals surface area contributed by atoms with E-state index in [9.17, 15) is 4.79 Å². The summed E-state index contributed by atoms with van der Waals surface area (Å²) in [5.74, 6) is -0.273. The number of benzene rings is 1. The summed E-state index contributed by atoms with van der Waals surface area (Å²) in [6, 6.07) is 7.47. The van der Waals surface area contributed by atoms with Crippen LogP contribution in [0.1, 0.15) is 22.8 Å². The van der Waals surface area contributed by atoms with E-state index in [0.717, 1.165) is 12.0 Å². The second-order valence-corrected chi connectivity index (χ2v) is 2.55. The highest BCUT2D eigenvalue weighted by atomic mass is 16.5. The molecule has 0 bridgehead atoms. The van der Waals surface area contributed by atoms with Crippen molar-refractivity contribution in [1.82, 2.24) is 0 Å². The van der Waals surface area contributed by atoms with Crippen molar-refractivity contribution in [3.05, 3.63) is 35.4 Å². The van der Waals surface area contributed by atoms with E-state index in [2.05, 4.69) is 11.6 Å². The fourth-order valence-electron chi connectivity index (χ4n) is 1.04. The van der Waals surface area contributed by atoms with E-state index in [4.69, 9.17) is 0 Å². The van der Waals surface area contributed by atoms with Gasteiger partial charge in [0.2, 0.25) is 0 Å². The zero-order valence-corrected chi connectivity index (χ0v) is 7.33. The molecule has 0 radical (unpaired) electrons. The second-order valence-electron chi connectivity index (χ2n) is 2.55. The number of aryl methyl sites for hydroxylation is 1. The average Bonchev–Trinajstić information content (AvgIpc) is 2.17. The smallest absolute Gasteiger partial charge is 0.326 e. The number of carbonyl (C=O) groups excluding carboxylic acids is 1. The van der Waals surface area contributed by atoms with Gasteiger partial charge in [-0.3, -0.25) is 0 Å². The Labute approximate surface area is 73.0 Å². The van der Waals surface area contributed by atoms with Crippen LogP contribution < -0.4 is 0 Å². The molecule has 0 saturated carbocycles. The SMILES string of the molecule is BOC(=O)c1cccc(CC)c1. The molecule has 0 N–H and O–H groups in total. The molecule has 0 aliphatic carbocycles. The lowest BCUT2D eigenvalue weighted by atomic mass is 10.1. The summed E-state index contributed by atoms with van der Waals surface area (Å²) in [6.45, 7) is 2.05. The Hall–Kier alpha value is -1.25. The molecule has 0 amide bonds. The molecule has 1 aromatic carbocycles. The summed E-state index contributed by atoms with van der Waals surface area (Å²) in [6.07, 6.45) is 0.935. The maximum Gasteiger partial charge on any atom is 0.326 e. The fourth-order valence-corrected chi connectivity index (χ4v) is 1.04. The standard InChI is InChI=1S/C9H11BO2/c1-2-7-4-3-5-8(6-7)9(11)12-10/h3-6H,2,10H2,1H3. The first-order valence-electron chi connectivity index (χ1n) is 3.95. The van der Waals surface area contributed by atoms with Crippen LogP contribution in [-0.2, 0) is 11.1 Å². The van der Waals surface area contributed by atoms with Gasteiger partial charge in [-0.2, -0.15) is 0 Å². The van der Waals surface area contributed by atoms with Crippen LogP contribution in [-0.4, -0.2) is 14.0 Å². The molecule has 0 saturated heterocycles. The Bertz CT molecular complexity index is 284. The van der Waals surface area contributed by atoms with E-state index in [1.165, 1.54) is 8.05 Å². The van der Waals surface area contributed by atoms with Crippen LogP contribution >= 0.6 is 0 Å². The lowest BCUT2D eigenvalue weighted by Gasteiger charge is -2.01. The van der Waals surface area contributed by atoms with Crippen LogP contribution in [0.2, 0.25) is 0 Å². The molecule has 0 fully saturated rings. The molecule has 0 aliphatic rings. The number of carbonyl (C=O) groups is 1. The molecular weight excluding hydrogens is 151 g/mol. The van der Waals surface area contributed by atoms with Gasteiger partial charge in [-0.25, -0.2) is 4.79 Å². The van der Waals surface area contributed by atoms with Crippen LogP contribution in [0.3, 0.4) is 0 Å². The van der Waals surface area contributed by atoms with Gasteiger partial charge in [-0.15, -0.1) is 0 Å². The van der Waals surface area contributed by atoms with E-state index in [0.29, 0.717) is 5.56 Å². The Morgan fingerprint density at radius 2 is 2.33 bits per heavy atom. The van der Waals surface area contributed by atoms with Crippen molar-refractivity contribution in [2.45, 2.75) is 13.3 Å². The molecule has 2 nitrogen and oxygen atoms in total. The van der Waals surface area contributed by atoms with E-state index in [1.54, 1.807) is 6.07 Å². The summed E-state index contributed by atoms with van der Waals surface area (Å²) >= 11 is 0. The van der Waals surface area contributed by atoms with Gasteiger partial charge in [-0.05, 0) is 24.1 Å². The minimum atomic E-state index is -0.273. The fraction of sp³-hybridized carbons (Fsp3) is 0.222. The van der Waals surface area contributed by atoms with Crippen molar-refractivity contribution >= 4 is 14.0 Å². The molecule has 12 heavy (non-hydrogen) atoms. The third-order valence-electron chi connectivity index (χ3n) is 1.76. The van der Waals surface area contributed by atoms with Crippen molar-refractivity contribution in [3.8, 4) is 0 Å². The third-order valence-corrected chi connectivity index (χ3v) is 1.76. The predicted molar refractivity (Wildman–Crippen MR) is 49.8 cm³/mol. The highest BCUT2D eigenvalue weighted by Gasteiger charge is 2.03. The summed E-state index contributed by atoms with van der Waals surface area (Å²) in [5.41, 5.74) is 1.77. The first-order valence-corrected chi connectivity index (χ1v) is 3.95. The van der Waals surface area contributed by atoms with Gasteiger partial charge in [0.25, 0.3) is 0 Å². The Balaban J connectivity index is 2.93. The number of hydrogen-bond acceptors (Lipinski definition) is 2. The Kier molecular flexibility index (Phi) is 2.91. The molecule has 1 aromatic rings. The van der Waals surface area contributed by atoms with E-state index in [-0.39, 0.29) is 5.97 Å². The zero-order valence-electron chi connectivity index (χ0n) is 7.33. The molecule has 0 heterocycles. The first-order chi connectivity index (χ1) is 5.77. The van der Waals surface area contributed by atoms with E-state index < -0.39 is 0 Å². The van der Waals surface area contributed by atoms with Crippen molar-refractivity contribution in [1.29, 1.82) is 0 Å². The minimum absolute atomic E-state index is 0.273. The van der Waals surface area contributed by atoms with Gasteiger partial charge in [0.05, 0.1) is 5.56 Å². The highest BCUT2D eigenvalue weighted by Crippen LogP contribution is 2.06. The van der Waals surface area contributed by atoms with Gasteiger partial charge in [0.1, 0.15) is 0 Å². The molecule has 0 atom stereocenters. The summed E-state index contributed by atoms with van der Waals surface area (Å²) in [5, 5.41) is 0. The molecule has 0 spiro atoms. The maximum atomic E-state index is 11.1. The topological polar surface area (TPSA) is 26.3 Å². The largest absolute Gasteiger partial charge is 0.540 e. The van der Waals surface area contributed by atoms with Crippen molar-refractivity contribution in [2.75, 3.05) is 0 Å². The number of hydrogen-bond donors (Lipinski definition) is 0. The van der Waals surface area contributed by atoms with Crippen molar-refractivity contribution < 1.29 is 9.45 Å². The number of rotatable bonds is 2. The maximum absolute atomic E-state index is 11.1. The van der Waals surface area contributed by atoms with Gasteiger partial charge in [0.15, 0.2) is 0 Å². The van der Waals surface area contributed by atoms with Crippen LogP contribution in [0, 0.1) is 0 Å². The monoisotopic (exact) mass is 162 g/mol. The quantitative estimate of drug-likeness (QED) is 0.605. The van der Waals surface area contributed by atoms with Crippen molar-refractivity contribution in [3.63, 3.8) is 0 Å². The van der Waals surface area contributed by atoms with Gasteiger partial charge in [-0.1, -0.05) is 19.1 Å². The van der Waals surface area contributed by atoms with Gasteiger partial charge < -0.3 is 4.65 Å². The normalized spacial score (nSPS) is 9.42. The van der Waals surface area contributed by atoms with Crippen LogP contribution in [0.15, 0.2) is 24.3 Å². The highest BCUT2D eigenvalue weighted by molar-refractivity contribution is 6.09. The molecule has 3 heteroatoms. The Morgan fingerprint density at radius 3 is 2.92 bits per heavy atom. The predicted octanol–water partition coefficient (Wildman–Crippen LogP) is 0.954. The van der Waals surface area contributed by atoms with Crippen LogP contribution in [0.25, 0.3) is 0 Å². The van der Waals surface area contributed by atoms with E-state index >= 15 is 0 Å². The lowest BCUT2D eigenvalue weighted by molar-refractivity contribution is 0.0749. The average molecular weight is 162 g/mol. The molecule has 0 aromatic heterocycles. The lowest BCUT2D eigenvalue weighted by Crippen LogP contribution is -2.02. The molecule has 62 valence electrons. The minimum Gasteiger partial charge on any atom is -0.540 e. The van der Waals surface area contributed by atoms with Crippen LogP contribution in [0.5, 0.6) is 0 Å². The van der Waals surface area contributed by atoms with Crippen molar-refractivity contribution in [2.24, 2.45) is 0 Å². The van der Waals surface area contributed by atoms with Crippen LogP contribution in [0.4, 0.5) is 0 Å². The third kappa shape index (κ3) is 1.88. The zero-order chi connectivity index (χ0) is 8.97. The molecule has 0 unspecified atom stereocenters. The summed E-state index contributed by atoms with van der Waals surface area (Å²) < 4.78 is 4.60. The molecule has 0 aliphatic heterocycles. The molecule has 1 rings (SSSR count). The van der Waals surface area contributed by atoms with Gasteiger partial charge in [0, 0.05) is 0 Å². The second kappa shape index (κ2) is 3.95. The first kappa shape index (κ1) is 8.85. The molecular formula is C9H11BO2. The van der Waals surface area contributed by atoms with E-state index in [1.807, 2.05) is 18.2 Å².